The van der Waals surface area contributed by atoms with Gasteiger partial charge in [0.2, 0.25) is 5.91 Å². The number of hydrogen-bond donors (Lipinski definition) is 2. The van der Waals surface area contributed by atoms with E-state index in [4.69, 9.17) is 0 Å². The second-order valence-electron chi connectivity index (χ2n) is 5.51. The number of carbonyl (C=O) groups excluding carboxylic acids is 1. The average Bonchev–Trinajstić information content (AvgIpc) is 3.01. The lowest BCUT2D eigenvalue weighted by atomic mass is 9.87. The van der Waals surface area contributed by atoms with Crippen molar-refractivity contribution in [1.29, 1.82) is 0 Å². The molecule has 3 nitrogen and oxygen atoms in total. The van der Waals surface area contributed by atoms with E-state index in [1.807, 2.05) is 0 Å². The van der Waals surface area contributed by atoms with Crippen molar-refractivity contribution in [2.45, 2.75) is 64.0 Å². The van der Waals surface area contributed by atoms with Crippen molar-refractivity contribution in [3.05, 3.63) is 0 Å². The number of amides is 1. The van der Waals surface area contributed by atoms with E-state index in [2.05, 4.69) is 17.6 Å². The molecule has 3 heteroatoms. The molecule has 2 atom stereocenters. The van der Waals surface area contributed by atoms with Crippen LogP contribution in [0.15, 0.2) is 0 Å². The van der Waals surface area contributed by atoms with Crippen molar-refractivity contribution >= 4 is 5.91 Å². The molecule has 92 valence electrons. The van der Waals surface area contributed by atoms with Crippen molar-refractivity contribution in [2.75, 3.05) is 6.54 Å². The lowest BCUT2D eigenvalue weighted by molar-refractivity contribution is -0.122. The molecule has 2 aliphatic rings. The third-order valence-corrected chi connectivity index (χ3v) is 3.66. The third kappa shape index (κ3) is 4.12. The van der Waals surface area contributed by atoms with Crippen molar-refractivity contribution < 1.29 is 4.79 Å². The normalized spacial score (nSPS) is 30.1. The number of carbonyl (C=O) groups is 1. The zero-order valence-electron chi connectivity index (χ0n) is 10.3. The molecule has 2 fully saturated rings. The summed E-state index contributed by atoms with van der Waals surface area (Å²) in [6.45, 7) is 3.13. The van der Waals surface area contributed by atoms with Gasteiger partial charge in [-0.15, -0.1) is 0 Å². The van der Waals surface area contributed by atoms with Crippen LogP contribution in [0.2, 0.25) is 0 Å². The summed E-state index contributed by atoms with van der Waals surface area (Å²) in [7, 11) is 0. The Morgan fingerprint density at radius 1 is 1.19 bits per heavy atom. The van der Waals surface area contributed by atoms with Crippen LogP contribution in [0.5, 0.6) is 0 Å². The van der Waals surface area contributed by atoms with Gasteiger partial charge in [-0.25, -0.2) is 0 Å². The summed E-state index contributed by atoms with van der Waals surface area (Å²) in [6, 6.07) is 1.15. The number of rotatable bonds is 5. The fraction of sp³-hybridized carbons (Fsp3) is 0.923. The van der Waals surface area contributed by atoms with E-state index in [-0.39, 0.29) is 5.91 Å². The largest absolute Gasteiger partial charge is 0.353 e. The maximum atomic E-state index is 11.7. The van der Waals surface area contributed by atoms with Crippen LogP contribution in [0.3, 0.4) is 0 Å². The standard InChI is InChI=1S/C13H24N2O/c1-10-3-2-4-12(9-10)15-13(16)7-8-14-11-5-6-11/h10-12,14H,2-9H2,1H3,(H,15,16). The van der Waals surface area contributed by atoms with Gasteiger partial charge in [-0.1, -0.05) is 19.8 Å². The molecule has 0 radical (unpaired) electrons. The molecule has 2 saturated carbocycles. The van der Waals surface area contributed by atoms with E-state index >= 15 is 0 Å². The van der Waals surface area contributed by atoms with E-state index in [9.17, 15) is 4.79 Å². The Balaban J connectivity index is 1.57. The summed E-state index contributed by atoms with van der Waals surface area (Å²) < 4.78 is 0. The van der Waals surface area contributed by atoms with Gasteiger partial charge in [0.15, 0.2) is 0 Å². The first-order valence-electron chi connectivity index (χ1n) is 6.77. The minimum Gasteiger partial charge on any atom is -0.353 e. The summed E-state index contributed by atoms with van der Waals surface area (Å²) in [5.74, 6) is 1.01. The van der Waals surface area contributed by atoms with Crippen LogP contribution < -0.4 is 10.6 Å². The summed E-state index contributed by atoms with van der Waals surface area (Å²) >= 11 is 0. The Kier molecular flexibility index (Phi) is 4.22. The van der Waals surface area contributed by atoms with Crippen LogP contribution in [-0.4, -0.2) is 24.5 Å². The van der Waals surface area contributed by atoms with Gasteiger partial charge in [0, 0.05) is 25.0 Å². The van der Waals surface area contributed by atoms with E-state index in [1.54, 1.807) is 0 Å². The van der Waals surface area contributed by atoms with Crippen LogP contribution in [0.25, 0.3) is 0 Å². The van der Waals surface area contributed by atoms with Gasteiger partial charge in [-0.2, -0.15) is 0 Å². The zero-order valence-corrected chi connectivity index (χ0v) is 10.3. The predicted octanol–water partition coefficient (Wildman–Crippen LogP) is 1.82. The van der Waals surface area contributed by atoms with E-state index in [0.717, 1.165) is 12.5 Å². The minimum atomic E-state index is 0.229. The van der Waals surface area contributed by atoms with E-state index in [1.165, 1.54) is 38.5 Å². The summed E-state index contributed by atoms with van der Waals surface area (Å²) in [4.78, 5) is 11.7. The maximum absolute atomic E-state index is 11.7. The smallest absolute Gasteiger partial charge is 0.221 e. The molecule has 2 unspecified atom stereocenters. The lowest BCUT2D eigenvalue weighted by Crippen LogP contribution is -2.39. The summed E-state index contributed by atoms with van der Waals surface area (Å²) in [5.41, 5.74) is 0. The van der Waals surface area contributed by atoms with Crippen molar-refractivity contribution in [3.63, 3.8) is 0 Å². The van der Waals surface area contributed by atoms with Gasteiger partial charge >= 0.3 is 0 Å². The van der Waals surface area contributed by atoms with Gasteiger partial charge in [-0.3, -0.25) is 4.79 Å². The Labute approximate surface area is 98.4 Å². The lowest BCUT2D eigenvalue weighted by Gasteiger charge is -2.27. The first kappa shape index (κ1) is 11.9. The summed E-state index contributed by atoms with van der Waals surface area (Å²) in [5, 5.41) is 6.54. The second-order valence-corrected chi connectivity index (χ2v) is 5.51. The monoisotopic (exact) mass is 224 g/mol. The third-order valence-electron chi connectivity index (χ3n) is 3.66. The highest BCUT2D eigenvalue weighted by Gasteiger charge is 2.22. The molecule has 0 heterocycles. The highest BCUT2D eigenvalue weighted by Crippen LogP contribution is 2.23. The molecule has 0 aromatic rings. The van der Waals surface area contributed by atoms with E-state index < -0.39 is 0 Å². The molecule has 0 saturated heterocycles. The molecule has 2 rings (SSSR count). The first-order valence-corrected chi connectivity index (χ1v) is 6.77. The van der Waals surface area contributed by atoms with Crippen LogP contribution in [0, 0.1) is 5.92 Å². The number of hydrogen-bond acceptors (Lipinski definition) is 2. The Morgan fingerprint density at radius 2 is 2.00 bits per heavy atom. The Bertz CT molecular complexity index is 238. The van der Waals surface area contributed by atoms with Crippen LogP contribution in [0.4, 0.5) is 0 Å². The molecule has 0 spiro atoms. The zero-order chi connectivity index (χ0) is 11.4. The molecule has 16 heavy (non-hydrogen) atoms. The molecular weight excluding hydrogens is 200 g/mol. The fourth-order valence-corrected chi connectivity index (χ4v) is 2.54. The molecular formula is C13H24N2O. The predicted molar refractivity (Wildman–Crippen MR) is 65.2 cm³/mol. The molecule has 2 aliphatic carbocycles. The van der Waals surface area contributed by atoms with Crippen molar-refractivity contribution in [1.82, 2.24) is 10.6 Å². The SMILES string of the molecule is CC1CCCC(NC(=O)CCNC2CC2)C1. The van der Waals surface area contributed by atoms with Gasteiger partial charge in [-0.05, 0) is 31.6 Å². The quantitative estimate of drug-likeness (QED) is 0.748. The highest BCUT2D eigenvalue weighted by atomic mass is 16.1. The van der Waals surface area contributed by atoms with Gasteiger partial charge in [0.25, 0.3) is 0 Å². The van der Waals surface area contributed by atoms with Gasteiger partial charge in [0.05, 0.1) is 0 Å². The van der Waals surface area contributed by atoms with Gasteiger partial charge in [0.1, 0.15) is 0 Å². The minimum absolute atomic E-state index is 0.229. The van der Waals surface area contributed by atoms with E-state index in [0.29, 0.717) is 18.5 Å². The molecule has 0 aromatic heterocycles. The van der Waals surface area contributed by atoms with Crippen LogP contribution in [-0.2, 0) is 4.79 Å². The summed E-state index contributed by atoms with van der Waals surface area (Å²) in [6.07, 6.45) is 8.17. The van der Waals surface area contributed by atoms with Crippen LogP contribution >= 0.6 is 0 Å². The molecule has 0 aliphatic heterocycles. The topological polar surface area (TPSA) is 41.1 Å². The van der Waals surface area contributed by atoms with Gasteiger partial charge < -0.3 is 10.6 Å². The Morgan fingerprint density at radius 3 is 2.69 bits per heavy atom. The number of nitrogens with one attached hydrogen (secondary N) is 2. The van der Waals surface area contributed by atoms with Crippen molar-refractivity contribution in [2.24, 2.45) is 5.92 Å². The molecule has 2 N–H and O–H groups in total. The maximum Gasteiger partial charge on any atom is 0.221 e. The second kappa shape index (κ2) is 5.67. The fourth-order valence-electron chi connectivity index (χ4n) is 2.54. The molecule has 0 bridgehead atoms. The van der Waals surface area contributed by atoms with Crippen LogP contribution in [0.1, 0.15) is 51.9 Å². The first-order chi connectivity index (χ1) is 7.74. The Hall–Kier alpha value is -0.570. The molecule has 1 amide bonds. The average molecular weight is 224 g/mol. The highest BCUT2D eigenvalue weighted by molar-refractivity contribution is 5.76. The van der Waals surface area contributed by atoms with Crippen molar-refractivity contribution in [3.8, 4) is 0 Å². The molecule has 0 aromatic carbocycles.